The van der Waals surface area contributed by atoms with Crippen molar-refractivity contribution >= 4 is 23.8 Å². The average Bonchev–Trinajstić information content (AvgIpc) is 2.67. The number of carboxylic acids is 1. The average molecular weight is 390 g/mol. The van der Waals surface area contributed by atoms with Gasteiger partial charge < -0.3 is 20.3 Å². The lowest BCUT2D eigenvalue weighted by atomic mass is 10.2. The topological polar surface area (TPSA) is 160 Å². The molecule has 11 nitrogen and oxygen atoms in total. The van der Waals surface area contributed by atoms with Crippen LogP contribution < -0.4 is 16.3 Å². The highest BCUT2D eigenvalue weighted by Gasteiger charge is 2.19. The Kier molecular flexibility index (Phi) is 7.22. The number of anilines is 1. The molecule has 0 saturated carbocycles. The molecule has 0 unspecified atom stereocenters. The molecular weight excluding hydrogens is 372 g/mol. The van der Waals surface area contributed by atoms with E-state index in [2.05, 4.69) is 15.6 Å². The zero-order valence-electron chi connectivity index (χ0n) is 14.6. The molecule has 0 fully saturated rings. The number of benzene rings is 1. The standard InChI is InChI=1S/C17H18N4O7/c22-9-12(15(24)25)18-14(23)8-21-7-6-13(19-16(21)26)20-17(27)28-10-11-4-2-1-3-5-11/h1-7,12,22H,8-10H2,(H,18,23)(H,24,25)(H,19,20,26,27)/t12-/m1/s1. The Morgan fingerprint density at radius 1 is 1.18 bits per heavy atom. The van der Waals surface area contributed by atoms with E-state index in [-0.39, 0.29) is 12.4 Å². The number of hydrogen-bond acceptors (Lipinski definition) is 7. The SMILES string of the molecule is O=C(Cn1ccc(NC(=O)OCc2ccccc2)nc1=O)N[C@H](CO)C(=O)O. The molecule has 0 bridgehead atoms. The molecule has 11 heteroatoms. The number of nitrogens with one attached hydrogen (secondary N) is 2. The summed E-state index contributed by atoms with van der Waals surface area (Å²) < 4.78 is 5.91. The number of rotatable bonds is 8. The Bertz CT molecular complexity index is 898. The smallest absolute Gasteiger partial charge is 0.413 e. The summed E-state index contributed by atoms with van der Waals surface area (Å²) >= 11 is 0. The summed E-state index contributed by atoms with van der Waals surface area (Å²) in [5.74, 6) is -2.28. The highest BCUT2D eigenvalue weighted by atomic mass is 16.5. The molecule has 2 amide bonds. The van der Waals surface area contributed by atoms with E-state index < -0.39 is 42.9 Å². The molecular formula is C17H18N4O7. The summed E-state index contributed by atoms with van der Waals surface area (Å²) in [5, 5.41) is 22.0. The van der Waals surface area contributed by atoms with E-state index >= 15 is 0 Å². The third-order valence-electron chi connectivity index (χ3n) is 3.45. The van der Waals surface area contributed by atoms with Crippen molar-refractivity contribution in [1.29, 1.82) is 0 Å². The second-order valence-corrected chi connectivity index (χ2v) is 5.55. The number of hydrogen-bond donors (Lipinski definition) is 4. The van der Waals surface area contributed by atoms with Crippen LogP contribution in [0.15, 0.2) is 47.4 Å². The Morgan fingerprint density at radius 2 is 1.89 bits per heavy atom. The number of carbonyl (C=O) groups is 3. The molecule has 1 aromatic carbocycles. The van der Waals surface area contributed by atoms with Crippen molar-refractivity contribution in [1.82, 2.24) is 14.9 Å². The van der Waals surface area contributed by atoms with E-state index in [0.29, 0.717) is 0 Å². The number of carbonyl (C=O) groups excluding carboxylic acids is 2. The number of aliphatic carboxylic acids is 1. The molecule has 0 saturated heterocycles. The Labute approximate surface area is 158 Å². The first-order valence-electron chi connectivity index (χ1n) is 8.07. The van der Waals surface area contributed by atoms with Gasteiger partial charge in [-0.2, -0.15) is 4.98 Å². The van der Waals surface area contributed by atoms with Crippen LogP contribution in [-0.2, 0) is 27.5 Å². The second kappa shape index (κ2) is 9.83. The maximum atomic E-state index is 11.9. The first-order valence-corrected chi connectivity index (χ1v) is 8.07. The molecule has 2 aromatic rings. The van der Waals surface area contributed by atoms with E-state index in [9.17, 15) is 19.2 Å². The fraction of sp³-hybridized carbons (Fsp3) is 0.235. The van der Waals surface area contributed by atoms with Crippen molar-refractivity contribution in [3.05, 3.63) is 58.6 Å². The number of amides is 2. The fourth-order valence-electron chi connectivity index (χ4n) is 2.06. The molecule has 0 aliphatic rings. The zero-order chi connectivity index (χ0) is 20.5. The van der Waals surface area contributed by atoms with E-state index in [0.717, 1.165) is 10.1 Å². The summed E-state index contributed by atoms with van der Waals surface area (Å²) in [6, 6.07) is 8.79. The van der Waals surface area contributed by atoms with Gasteiger partial charge in [-0.05, 0) is 11.6 Å². The van der Waals surface area contributed by atoms with Gasteiger partial charge in [0, 0.05) is 6.20 Å². The molecule has 0 aliphatic carbocycles. The van der Waals surface area contributed by atoms with Gasteiger partial charge in [-0.3, -0.25) is 14.7 Å². The lowest BCUT2D eigenvalue weighted by Crippen LogP contribution is -2.45. The van der Waals surface area contributed by atoms with Gasteiger partial charge >= 0.3 is 17.8 Å². The molecule has 0 spiro atoms. The third-order valence-corrected chi connectivity index (χ3v) is 3.45. The maximum absolute atomic E-state index is 11.9. The van der Waals surface area contributed by atoms with Crippen LogP contribution in [0.5, 0.6) is 0 Å². The number of carboxylic acid groups (broad SMARTS) is 1. The zero-order valence-corrected chi connectivity index (χ0v) is 14.6. The van der Waals surface area contributed by atoms with Crippen LogP contribution in [0, 0.1) is 0 Å². The van der Waals surface area contributed by atoms with Crippen LogP contribution in [0.2, 0.25) is 0 Å². The van der Waals surface area contributed by atoms with Crippen molar-refractivity contribution in [3.63, 3.8) is 0 Å². The number of aliphatic hydroxyl groups is 1. The quantitative estimate of drug-likeness (QED) is 0.472. The number of aliphatic hydroxyl groups excluding tert-OH is 1. The van der Waals surface area contributed by atoms with Crippen LogP contribution in [-0.4, -0.2) is 50.4 Å². The first-order chi connectivity index (χ1) is 13.4. The van der Waals surface area contributed by atoms with Crippen molar-refractivity contribution < 1.29 is 29.3 Å². The predicted molar refractivity (Wildman–Crippen MR) is 95.4 cm³/mol. The van der Waals surface area contributed by atoms with Gasteiger partial charge in [0.15, 0.2) is 0 Å². The van der Waals surface area contributed by atoms with Crippen LogP contribution >= 0.6 is 0 Å². The number of nitrogens with zero attached hydrogens (tertiary/aromatic N) is 2. The Morgan fingerprint density at radius 3 is 2.50 bits per heavy atom. The predicted octanol–water partition coefficient (Wildman–Crippen LogP) is -0.446. The summed E-state index contributed by atoms with van der Waals surface area (Å²) in [6.07, 6.45) is 0.398. The van der Waals surface area contributed by atoms with Crippen LogP contribution in [0.25, 0.3) is 0 Å². The fourth-order valence-corrected chi connectivity index (χ4v) is 2.06. The number of ether oxygens (including phenoxy) is 1. The van der Waals surface area contributed by atoms with Crippen molar-refractivity contribution in [2.24, 2.45) is 0 Å². The maximum Gasteiger partial charge on any atom is 0.413 e. The third kappa shape index (κ3) is 6.21. The summed E-state index contributed by atoms with van der Waals surface area (Å²) in [5.41, 5.74) is -0.0542. The van der Waals surface area contributed by atoms with Crippen LogP contribution in [0.1, 0.15) is 5.56 Å². The molecule has 148 valence electrons. The van der Waals surface area contributed by atoms with E-state index in [1.165, 1.54) is 12.3 Å². The highest BCUT2D eigenvalue weighted by Crippen LogP contribution is 2.03. The summed E-state index contributed by atoms with van der Waals surface area (Å²) in [7, 11) is 0. The molecule has 1 aromatic heterocycles. The van der Waals surface area contributed by atoms with Gasteiger partial charge in [0.25, 0.3) is 0 Å². The van der Waals surface area contributed by atoms with Gasteiger partial charge in [-0.15, -0.1) is 0 Å². The molecule has 28 heavy (non-hydrogen) atoms. The van der Waals surface area contributed by atoms with E-state index in [1.54, 1.807) is 24.3 Å². The minimum atomic E-state index is -1.48. The molecule has 4 N–H and O–H groups in total. The van der Waals surface area contributed by atoms with Crippen molar-refractivity contribution in [3.8, 4) is 0 Å². The Hall–Kier alpha value is -3.73. The monoisotopic (exact) mass is 390 g/mol. The molecule has 1 heterocycles. The Balaban J connectivity index is 1.90. The summed E-state index contributed by atoms with van der Waals surface area (Å²) in [4.78, 5) is 49.8. The second-order valence-electron chi connectivity index (χ2n) is 5.55. The van der Waals surface area contributed by atoms with E-state index in [1.807, 2.05) is 6.07 Å². The molecule has 0 aliphatic heterocycles. The first kappa shape index (κ1) is 20.6. The van der Waals surface area contributed by atoms with Crippen molar-refractivity contribution in [2.45, 2.75) is 19.2 Å². The normalized spacial score (nSPS) is 11.3. The molecule has 0 radical (unpaired) electrons. The minimum Gasteiger partial charge on any atom is -0.480 e. The highest BCUT2D eigenvalue weighted by molar-refractivity contribution is 5.84. The summed E-state index contributed by atoms with van der Waals surface area (Å²) in [6.45, 7) is -1.25. The van der Waals surface area contributed by atoms with E-state index in [4.69, 9.17) is 14.9 Å². The molecule has 1 atom stereocenters. The lowest BCUT2D eigenvalue weighted by molar-refractivity contribution is -0.143. The lowest BCUT2D eigenvalue weighted by Gasteiger charge is -2.12. The van der Waals surface area contributed by atoms with Gasteiger partial charge in [-0.1, -0.05) is 30.3 Å². The van der Waals surface area contributed by atoms with Crippen LogP contribution in [0.4, 0.5) is 10.6 Å². The number of aromatic nitrogens is 2. The van der Waals surface area contributed by atoms with Gasteiger partial charge in [-0.25, -0.2) is 14.4 Å². The van der Waals surface area contributed by atoms with Crippen LogP contribution in [0.3, 0.4) is 0 Å². The minimum absolute atomic E-state index is 0.0412. The molecule has 2 rings (SSSR count). The van der Waals surface area contributed by atoms with Gasteiger partial charge in [0.1, 0.15) is 25.0 Å². The largest absolute Gasteiger partial charge is 0.480 e. The van der Waals surface area contributed by atoms with Gasteiger partial charge in [0.2, 0.25) is 5.91 Å². The van der Waals surface area contributed by atoms with Crippen molar-refractivity contribution in [2.75, 3.05) is 11.9 Å². The van der Waals surface area contributed by atoms with Gasteiger partial charge in [0.05, 0.1) is 6.61 Å².